The molecule has 0 aliphatic carbocycles. The summed E-state index contributed by atoms with van der Waals surface area (Å²) >= 11 is 0. The lowest BCUT2D eigenvalue weighted by Gasteiger charge is -2.09. The summed E-state index contributed by atoms with van der Waals surface area (Å²) < 4.78 is 15.9. The van der Waals surface area contributed by atoms with Crippen LogP contribution in [0.5, 0.6) is 11.5 Å². The third-order valence-electron chi connectivity index (χ3n) is 2.67. The van der Waals surface area contributed by atoms with Gasteiger partial charge < -0.3 is 19.5 Å². The van der Waals surface area contributed by atoms with Crippen molar-refractivity contribution >= 4 is 5.91 Å². The Kier molecular flexibility index (Phi) is 8.28. The zero-order valence-electron chi connectivity index (χ0n) is 13.1. The monoisotopic (exact) mass is 295 g/mol. The van der Waals surface area contributed by atoms with Gasteiger partial charge in [0.25, 0.3) is 5.91 Å². The average molecular weight is 295 g/mol. The van der Waals surface area contributed by atoms with Gasteiger partial charge in [-0.25, -0.2) is 0 Å². The molecule has 0 saturated heterocycles. The van der Waals surface area contributed by atoms with Gasteiger partial charge in [0.15, 0.2) is 6.61 Å². The molecule has 1 rings (SSSR count). The van der Waals surface area contributed by atoms with Crippen LogP contribution in [0, 0.1) is 5.92 Å². The Labute approximate surface area is 126 Å². The third-order valence-corrected chi connectivity index (χ3v) is 2.67. The SMILES string of the molecule is COc1ccc(OCC(=O)NCCCOCC(C)C)cc1. The van der Waals surface area contributed by atoms with Crippen LogP contribution in [0.4, 0.5) is 0 Å². The molecule has 0 unspecified atom stereocenters. The van der Waals surface area contributed by atoms with Gasteiger partial charge >= 0.3 is 0 Å². The fraction of sp³-hybridized carbons (Fsp3) is 0.562. The molecule has 21 heavy (non-hydrogen) atoms. The molecule has 1 aromatic rings. The van der Waals surface area contributed by atoms with E-state index >= 15 is 0 Å². The van der Waals surface area contributed by atoms with Gasteiger partial charge in [0.2, 0.25) is 0 Å². The summed E-state index contributed by atoms with van der Waals surface area (Å²) in [4.78, 5) is 11.6. The van der Waals surface area contributed by atoms with Crippen LogP contribution >= 0.6 is 0 Å². The molecule has 0 fully saturated rings. The van der Waals surface area contributed by atoms with E-state index in [-0.39, 0.29) is 12.5 Å². The van der Waals surface area contributed by atoms with Crippen molar-refractivity contribution in [1.29, 1.82) is 0 Å². The Morgan fingerprint density at radius 1 is 1.19 bits per heavy atom. The zero-order valence-corrected chi connectivity index (χ0v) is 13.1. The number of methoxy groups -OCH3 is 1. The molecule has 0 spiro atoms. The maximum absolute atomic E-state index is 11.6. The van der Waals surface area contributed by atoms with Gasteiger partial charge in [-0.1, -0.05) is 13.8 Å². The minimum absolute atomic E-state index is 0.0131. The van der Waals surface area contributed by atoms with Gasteiger partial charge in [0.05, 0.1) is 7.11 Å². The normalized spacial score (nSPS) is 10.5. The molecular formula is C16H25NO4. The van der Waals surface area contributed by atoms with Crippen molar-refractivity contribution in [1.82, 2.24) is 5.32 Å². The molecule has 0 radical (unpaired) electrons. The Bertz CT molecular complexity index is 403. The molecule has 1 amide bonds. The Morgan fingerprint density at radius 2 is 1.86 bits per heavy atom. The minimum Gasteiger partial charge on any atom is -0.497 e. The summed E-state index contributed by atoms with van der Waals surface area (Å²) in [5.74, 6) is 1.81. The molecule has 1 aromatic carbocycles. The summed E-state index contributed by atoms with van der Waals surface area (Å²) in [5, 5.41) is 2.79. The van der Waals surface area contributed by atoms with Gasteiger partial charge in [-0.15, -0.1) is 0 Å². The topological polar surface area (TPSA) is 56.8 Å². The Morgan fingerprint density at radius 3 is 2.48 bits per heavy atom. The quantitative estimate of drug-likeness (QED) is 0.673. The number of benzene rings is 1. The van der Waals surface area contributed by atoms with Crippen LogP contribution in [0.2, 0.25) is 0 Å². The smallest absolute Gasteiger partial charge is 0.257 e. The predicted molar refractivity (Wildman–Crippen MR) is 81.8 cm³/mol. The number of amides is 1. The van der Waals surface area contributed by atoms with E-state index in [4.69, 9.17) is 14.2 Å². The number of hydrogen-bond acceptors (Lipinski definition) is 4. The van der Waals surface area contributed by atoms with E-state index in [1.54, 1.807) is 31.4 Å². The number of hydrogen-bond donors (Lipinski definition) is 1. The van der Waals surface area contributed by atoms with E-state index in [9.17, 15) is 4.79 Å². The highest BCUT2D eigenvalue weighted by Gasteiger charge is 2.02. The van der Waals surface area contributed by atoms with Crippen LogP contribution in [-0.4, -0.2) is 39.4 Å². The van der Waals surface area contributed by atoms with Crippen LogP contribution in [-0.2, 0) is 9.53 Å². The fourth-order valence-electron chi connectivity index (χ4n) is 1.59. The van der Waals surface area contributed by atoms with Crippen molar-refractivity contribution < 1.29 is 19.0 Å². The maximum atomic E-state index is 11.6. The summed E-state index contributed by atoms with van der Waals surface area (Å²) in [6, 6.07) is 7.12. The summed E-state index contributed by atoms with van der Waals surface area (Å²) in [5.41, 5.74) is 0. The molecule has 118 valence electrons. The molecule has 0 aromatic heterocycles. The van der Waals surface area contributed by atoms with Gasteiger partial charge in [-0.3, -0.25) is 4.79 Å². The van der Waals surface area contributed by atoms with E-state index in [0.717, 1.165) is 18.8 Å². The van der Waals surface area contributed by atoms with E-state index in [1.165, 1.54) is 0 Å². The summed E-state index contributed by atoms with van der Waals surface area (Å²) in [6.07, 6.45) is 0.807. The van der Waals surface area contributed by atoms with E-state index < -0.39 is 0 Å². The molecule has 0 bridgehead atoms. The second-order valence-corrected chi connectivity index (χ2v) is 5.14. The number of carbonyl (C=O) groups excluding carboxylic acids is 1. The van der Waals surface area contributed by atoms with Crippen LogP contribution < -0.4 is 14.8 Å². The maximum Gasteiger partial charge on any atom is 0.257 e. The molecular weight excluding hydrogens is 270 g/mol. The number of ether oxygens (including phenoxy) is 3. The lowest BCUT2D eigenvalue weighted by atomic mass is 10.2. The molecule has 5 heteroatoms. The minimum atomic E-state index is -0.130. The van der Waals surface area contributed by atoms with Crippen molar-refractivity contribution in [2.45, 2.75) is 20.3 Å². The van der Waals surface area contributed by atoms with Crippen LogP contribution in [0.1, 0.15) is 20.3 Å². The van der Waals surface area contributed by atoms with E-state index in [1.807, 2.05) is 0 Å². The largest absolute Gasteiger partial charge is 0.497 e. The Balaban J connectivity index is 2.08. The molecule has 1 N–H and O–H groups in total. The zero-order chi connectivity index (χ0) is 15.5. The first kappa shape index (κ1) is 17.3. The molecule has 0 aliphatic heterocycles. The van der Waals surface area contributed by atoms with Crippen LogP contribution in [0.15, 0.2) is 24.3 Å². The number of rotatable bonds is 10. The van der Waals surface area contributed by atoms with Crippen LogP contribution in [0.3, 0.4) is 0 Å². The average Bonchev–Trinajstić information content (AvgIpc) is 2.49. The second-order valence-electron chi connectivity index (χ2n) is 5.14. The predicted octanol–water partition coefficient (Wildman–Crippen LogP) is 2.25. The lowest BCUT2D eigenvalue weighted by Crippen LogP contribution is -2.30. The standard InChI is InChI=1S/C16H25NO4/c1-13(2)11-20-10-4-9-17-16(18)12-21-15-7-5-14(19-3)6-8-15/h5-8,13H,4,9-12H2,1-3H3,(H,17,18). The van der Waals surface area contributed by atoms with Crippen LogP contribution in [0.25, 0.3) is 0 Å². The molecule has 0 aliphatic rings. The van der Waals surface area contributed by atoms with E-state index in [2.05, 4.69) is 19.2 Å². The van der Waals surface area contributed by atoms with Crippen molar-refractivity contribution in [3.8, 4) is 11.5 Å². The van der Waals surface area contributed by atoms with Crippen molar-refractivity contribution in [2.75, 3.05) is 33.5 Å². The van der Waals surface area contributed by atoms with Crippen molar-refractivity contribution in [3.05, 3.63) is 24.3 Å². The molecule has 5 nitrogen and oxygen atoms in total. The highest BCUT2D eigenvalue weighted by Crippen LogP contribution is 2.16. The highest BCUT2D eigenvalue weighted by molar-refractivity contribution is 5.77. The first-order chi connectivity index (χ1) is 10.1. The fourth-order valence-corrected chi connectivity index (χ4v) is 1.59. The highest BCUT2D eigenvalue weighted by atomic mass is 16.5. The first-order valence-corrected chi connectivity index (χ1v) is 7.23. The lowest BCUT2D eigenvalue weighted by molar-refractivity contribution is -0.123. The molecule has 0 saturated carbocycles. The number of carbonyl (C=O) groups is 1. The molecule has 0 atom stereocenters. The number of nitrogens with one attached hydrogen (secondary N) is 1. The summed E-state index contributed by atoms with van der Waals surface area (Å²) in [7, 11) is 1.61. The third kappa shape index (κ3) is 8.19. The first-order valence-electron chi connectivity index (χ1n) is 7.23. The van der Waals surface area contributed by atoms with Gasteiger partial charge in [0, 0.05) is 19.8 Å². The second kappa shape index (κ2) is 10.0. The van der Waals surface area contributed by atoms with Crippen molar-refractivity contribution in [3.63, 3.8) is 0 Å². The Hall–Kier alpha value is -1.75. The van der Waals surface area contributed by atoms with Gasteiger partial charge in [-0.2, -0.15) is 0 Å². The summed E-state index contributed by atoms with van der Waals surface area (Å²) in [6.45, 7) is 6.25. The van der Waals surface area contributed by atoms with Gasteiger partial charge in [-0.05, 0) is 36.6 Å². The van der Waals surface area contributed by atoms with Crippen molar-refractivity contribution in [2.24, 2.45) is 5.92 Å². The van der Waals surface area contributed by atoms with Gasteiger partial charge in [0.1, 0.15) is 11.5 Å². The van der Waals surface area contributed by atoms with E-state index in [0.29, 0.717) is 24.8 Å². The molecule has 0 heterocycles.